The van der Waals surface area contributed by atoms with Crippen LogP contribution in [0.2, 0.25) is 0 Å². The lowest BCUT2D eigenvalue weighted by Crippen LogP contribution is -2.16. The molecular weight excluding hydrogens is 188 g/mol. The molecule has 1 rings (SSSR count). The molecule has 0 aliphatic heterocycles. The van der Waals surface area contributed by atoms with Gasteiger partial charge in [0.25, 0.3) is 0 Å². The quantitative estimate of drug-likeness (QED) is 0.731. The third-order valence-corrected chi connectivity index (χ3v) is 2.59. The van der Waals surface area contributed by atoms with Crippen LogP contribution in [0.15, 0.2) is 18.2 Å². The van der Waals surface area contributed by atoms with Crippen molar-refractivity contribution in [2.24, 2.45) is 0 Å². The standard InChI is InChI=1S/C12H20N2O/c1-4-9(5-2)14-10-6-7-12(15-3)11(13)8-10/h6-9,14H,4-5,13H2,1-3H3. The van der Waals surface area contributed by atoms with Crippen molar-refractivity contribution in [3.63, 3.8) is 0 Å². The number of nitrogen functional groups attached to an aromatic ring is 1. The predicted octanol–water partition coefficient (Wildman–Crippen LogP) is 2.88. The van der Waals surface area contributed by atoms with Crippen molar-refractivity contribution >= 4 is 11.4 Å². The first-order valence-corrected chi connectivity index (χ1v) is 5.41. The summed E-state index contributed by atoms with van der Waals surface area (Å²) in [6, 6.07) is 6.31. The fourth-order valence-corrected chi connectivity index (χ4v) is 1.55. The van der Waals surface area contributed by atoms with Crippen LogP contribution in [0.5, 0.6) is 5.75 Å². The van der Waals surface area contributed by atoms with Gasteiger partial charge < -0.3 is 15.8 Å². The summed E-state index contributed by atoms with van der Waals surface area (Å²) in [4.78, 5) is 0. The minimum Gasteiger partial charge on any atom is -0.495 e. The summed E-state index contributed by atoms with van der Waals surface area (Å²) in [6.45, 7) is 4.35. The number of ether oxygens (including phenoxy) is 1. The highest BCUT2D eigenvalue weighted by atomic mass is 16.5. The zero-order valence-corrected chi connectivity index (χ0v) is 9.71. The van der Waals surface area contributed by atoms with E-state index in [-0.39, 0.29) is 0 Å². The number of benzene rings is 1. The van der Waals surface area contributed by atoms with Gasteiger partial charge in [-0.25, -0.2) is 0 Å². The Morgan fingerprint density at radius 2 is 2.00 bits per heavy atom. The second kappa shape index (κ2) is 5.49. The van der Waals surface area contributed by atoms with Crippen molar-refractivity contribution in [1.82, 2.24) is 0 Å². The predicted molar refractivity (Wildman–Crippen MR) is 65.4 cm³/mol. The van der Waals surface area contributed by atoms with Crippen LogP contribution in [0.3, 0.4) is 0 Å². The molecule has 0 unspecified atom stereocenters. The summed E-state index contributed by atoms with van der Waals surface area (Å²) >= 11 is 0. The van der Waals surface area contributed by atoms with E-state index < -0.39 is 0 Å². The smallest absolute Gasteiger partial charge is 0.141 e. The Morgan fingerprint density at radius 1 is 1.33 bits per heavy atom. The molecular formula is C12H20N2O. The molecule has 0 atom stereocenters. The molecule has 0 aliphatic carbocycles. The van der Waals surface area contributed by atoms with Gasteiger partial charge >= 0.3 is 0 Å². The topological polar surface area (TPSA) is 47.3 Å². The summed E-state index contributed by atoms with van der Waals surface area (Å²) in [5, 5.41) is 3.43. The summed E-state index contributed by atoms with van der Waals surface area (Å²) in [7, 11) is 1.62. The van der Waals surface area contributed by atoms with Gasteiger partial charge in [0.05, 0.1) is 12.8 Å². The first-order valence-electron chi connectivity index (χ1n) is 5.41. The van der Waals surface area contributed by atoms with Gasteiger partial charge in [0.1, 0.15) is 5.75 Å². The Labute approximate surface area is 91.6 Å². The van der Waals surface area contributed by atoms with Gasteiger partial charge in [-0.3, -0.25) is 0 Å². The first kappa shape index (κ1) is 11.7. The van der Waals surface area contributed by atoms with E-state index in [1.807, 2.05) is 18.2 Å². The molecule has 15 heavy (non-hydrogen) atoms. The van der Waals surface area contributed by atoms with Crippen molar-refractivity contribution in [3.8, 4) is 5.75 Å². The summed E-state index contributed by atoms with van der Waals surface area (Å²) in [5.74, 6) is 0.727. The maximum atomic E-state index is 5.83. The van der Waals surface area contributed by atoms with E-state index in [0.717, 1.165) is 24.3 Å². The van der Waals surface area contributed by atoms with Crippen LogP contribution in [0.25, 0.3) is 0 Å². The Morgan fingerprint density at radius 3 is 2.47 bits per heavy atom. The maximum absolute atomic E-state index is 5.83. The van der Waals surface area contributed by atoms with Crippen LogP contribution >= 0.6 is 0 Å². The Kier molecular flexibility index (Phi) is 4.28. The number of nitrogens with two attached hydrogens (primary N) is 1. The molecule has 0 spiro atoms. The molecule has 0 fully saturated rings. The second-order valence-electron chi connectivity index (χ2n) is 3.61. The molecule has 0 saturated carbocycles. The van der Waals surface area contributed by atoms with Crippen LogP contribution in [-0.2, 0) is 0 Å². The Balaban J connectivity index is 2.74. The zero-order chi connectivity index (χ0) is 11.3. The first-order chi connectivity index (χ1) is 7.21. The maximum Gasteiger partial charge on any atom is 0.141 e. The normalized spacial score (nSPS) is 10.4. The highest BCUT2D eigenvalue weighted by Crippen LogP contribution is 2.25. The third kappa shape index (κ3) is 3.05. The molecule has 3 N–H and O–H groups in total. The monoisotopic (exact) mass is 208 g/mol. The fourth-order valence-electron chi connectivity index (χ4n) is 1.55. The van der Waals surface area contributed by atoms with E-state index in [4.69, 9.17) is 10.5 Å². The van der Waals surface area contributed by atoms with Crippen molar-refractivity contribution in [2.45, 2.75) is 32.7 Å². The van der Waals surface area contributed by atoms with E-state index in [0.29, 0.717) is 11.7 Å². The van der Waals surface area contributed by atoms with Crippen LogP contribution in [0, 0.1) is 0 Å². The van der Waals surface area contributed by atoms with Crippen LogP contribution in [0.1, 0.15) is 26.7 Å². The van der Waals surface area contributed by atoms with E-state index in [2.05, 4.69) is 19.2 Å². The van der Waals surface area contributed by atoms with Gasteiger partial charge in [-0.2, -0.15) is 0 Å². The molecule has 0 heterocycles. The second-order valence-corrected chi connectivity index (χ2v) is 3.61. The summed E-state index contributed by atoms with van der Waals surface area (Å²) in [6.07, 6.45) is 2.23. The third-order valence-electron chi connectivity index (χ3n) is 2.59. The Hall–Kier alpha value is -1.38. The molecule has 84 valence electrons. The van der Waals surface area contributed by atoms with Crippen molar-refractivity contribution in [2.75, 3.05) is 18.2 Å². The molecule has 0 aliphatic rings. The van der Waals surface area contributed by atoms with Gasteiger partial charge in [-0.05, 0) is 31.0 Å². The van der Waals surface area contributed by atoms with Gasteiger partial charge in [0, 0.05) is 11.7 Å². The fraction of sp³-hybridized carbons (Fsp3) is 0.500. The number of rotatable bonds is 5. The lowest BCUT2D eigenvalue weighted by molar-refractivity contribution is 0.417. The number of hydrogen-bond acceptors (Lipinski definition) is 3. The van der Waals surface area contributed by atoms with E-state index >= 15 is 0 Å². The van der Waals surface area contributed by atoms with E-state index in [1.165, 1.54) is 0 Å². The Bertz CT molecular complexity index is 308. The number of anilines is 2. The lowest BCUT2D eigenvalue weighted by atomic mass is 10.1. The summed E-state index contributed by atoms with van der Waals surface area (Å²) < 4.78 is 5.10. The van der Waals surface area contributed by atoms with Crippen LogP contribution in [-0.4, -0.2) is 13.2 Å². The lowest BCUT2D eigenvalue weighted by Gasteiger charge is -2.17. The number of hydrogen-bond donors (Lipinski definition) is 2. The van der Waals surface area contributed by atoms with E-state index in [1.54, 1.807) is 7.11 Å². The van der Waals surface area contributed by atoms with Crippen LogP contribution in [0.4, 0.5) is 11.4 Å². The molecule has 0 saturated heterocycles. The average molecular weight is 208 g/mol. The molecule has 0 bridgehead atoms. The minimum absolute atomic E-state index is 0.512. The van der Waals surface area contributed by atoms with Crippen molar-refractivity contribution < 1.29 is 4.74 Å². The van der Waals surface area contributed by atoms with Crippen molar-refractivity contribution in [1.29, 1.82) is 0 Å². The van der Waals surface area contributed by atoms with Gasteiger partial charge in [0.2, 0.25) is 0 Å². The highest BCUT2D eigenvalue weighted by Gasteiger charge is 2.05. The molecule has 1 aromatic carbocycles. The van der Waals surface area contributed by atoms with Gasteiger partial charge in [-0.1, -0.05) is 13.8 Å². The molecule has 3 nitrogen and oxygen atoms in total. The van der Waals surface area contributed by atoms with E-state index in [9.17, 15) is 0 Å². The summed E-state index contributed by atoms with van der Waals surface area (Å²) in [5.41, 5.74) is 7.56. The molecule has 0 radical (unpaired) electrons. The number of nitrogens with one attached hydrogen (secondary N) is 1. The number of methoxy groups -OCH3 is 1. The zero-order valence-electron chi connectivity index (χ0n) is 9.71. The van der Waals surface area contributed by atoms with Crippen LogP contribution < -0.4 is 15.8 Å². The van der Waals surface area contributed by atoms with Gasteiger partial charge in [-0.15, -0.1) is 0 Å². The molecule has 0 amide bonds. The molecule has 3 heteroatoms. The minimum atomic E-state index is 0.512. The van der Waals surface area contributed by atoms with Gasteiger partial charge in [0.15, 0.2) is 0 Å². The average Bonchev–Trinajstić information content (AvgIpc) is 2.26. The largest absolute Gasteiger partial charge is 0.495 e. The molecule has 1 aromatic rings. The van der Waals surface area contributed by atoms with Crippen molar-refractivity contribution in [3.05, 3.63) is 18.2 Å². The highest BCUT2D eigenvalue weighted by molar-refractivity contribution is 5.62. The SMILES string of the molecule is CCC(CC)Nc1ccc(OC)c(N)c1. The molecule has 0 aromatic heterocycles.